The van der Waals surface area contributed by atoms with Crippen LogP contribution in [0.5, 0.6) is 0 Å². The van der Waals surface area contributed by atoms with Crippen molar-refractivity contribution >= 4 is 21.7 Å². The number of amides is 1. The van der Waals surface area contributed by atoms with Gasteiger partial charge in [0.25, 0.3) is 0 Å². The minimum atomic E-state index is -3.62. The molecule has 3 aromatic carbocycles. The summed E-state index contributed by atoms with van der Waals surface area (Å²) in [5.74, 6) is -2.06. The van der Waals surface area contributed by atoms with Gasteiger partial charge in [-0.25, -0.2) is 13.2 Å². The van der Waals surface area contributed by atoms with Gasteiger partial charge < -0.3 is 10.1 Å². The van der Waals surface area contributed by atoms with E-state index in [2.05, 4.69) is 5.32 Å². The van der Waals surface area contributed by atoms with Crippen LogP contribution in [0.1, 0.15) is 23.5 Å². The number of ether oxygens (including phenoxy) is 1. The molecule has 0 aliphatic heterocycles. The Morgan fingerprint density at radius 2 is 1.28 bits per heavy atom. The quantitative estimate of drug-likeness (QED) is 0.504. The Morgan fingerprint density at radius 3 is 1.75 bits per heavy atom. The van der Waals surface area contributed by atoms with Crippen LogP contribution in [-0.4, -0.2) is 39.2 Å². The van der Waals surface area contributed by atoms with Crippen molar-refractivity contribution < 1.29 is 22.7 Å². The zero-order valence-electron chi connectivity index (χ0n) is 17.7. The van der Waals surface area contributed by atoms with Crippen molar-refractivity contribution in [1.82, 2.24) is 5.32 Å². The topological polar surface area (TPSA) is 89.5 Å². The second kappa shape index (κ2) is 10.7. The van der Waals surface area contributed by atoms with Gasteiger partial charge in [-0.1, -0.05) is 78.9 Å². The molecular weight excluding hydrogens is 426 g/mol. The van der Waals surface area contributed by atoms with Crippen molar-refractivity contribution in [2.24, 2.45) is 0 Å². The molecule has 0 bridgehead atoms. The zero-order valence-corrected chi connectivity index (χ0v) is 18.5. The van der Waals surface area contributed by atoms with Gasteiger partial charge >= 0.3 is 5.97 Å². The summed E-state index contributed by atoms with van der Waals surface area (Å²) < 4.78 is 30.1. The minimum absolute atomic E-state index is 0.105. The van der Waals surface area contributed by atoms with E-state index in [1.165, 1.54) is 19.2 Å². The molecule has 7 heteroatoms. The number of nitrogens with one attached hydrogen (secondary N) is 1. The third-order valence-electron chi connectivity index (χ3n) is 5.11. The average Bonchev–Trinajstić information content (AvgIpc) is 2.83. The van der Waals surface area contributed by atoms with E-state index >= 15 is 0 Å². The molecule has 0 aliphatic carbocycles. The van der Waals surface area contributed by atoms with Gasteiger partial charge in [0.1, 0.15) is 6.04 Å². The molecule has 0 heterocycles. The molecule has 3 aromatic rings. The van der Waals surface area contributed by atoms with Crippen LogP contribution < -0.4 is 5.32 Å². The maximum absolute atomic E-state index is 13.3. The summed E-state index contributed by atoms with van der Waals surface area (Å²) in [5, 5.41) is 2.71. The normalized spacial score (nSPS) is 12.2. The molecular formula is C25H25NO5S. The fourth-order valence-electron chi connectivity index (χ4n) is 3.45. The molecule has 0 radical (unpaired) electrons. The maximum atomic E-state index is 13.3. The molecule has 0 saturated carbocycles. The number of rotatable bonds is 9. The lowest BCUT2D eigenvalue weighted by molar-refractivity contribution is -0.145. The number of methoxy groups -OCH3 is 1. The predicted octanol–water partition coefficient (Wildman–Crippen LogP) is 3.34. The highest BCUT2D eigenvalue weighted by Gasteiger charge is 2.29. The predicted molar refractivity (Wildman–Crippen MR) is 122 cm³/mol. The summed E-state index contributed by atoms with van der Waals surface area (Å²) in [5.41, 5.74) is 1.52. The highest BCUT2D eigenvalue weighted by atomic mass is 32.2. The van der Waals surface area contributed by atoms with Crippen LogP contribution in [0.25, 0.3) is 0 Å². The van der Waals surface area contributed by atoms with Gasteiger partial charge in [0.05, 0.1) is 23.7 Å². The number of benzene rings is 3. The van der Waals surface area contributed by atoms with Crippen LogP contribution >= 0.6 is 0 Å². The van der Waals surface area contributed by atoms with Crippen LogP contribution in [0.3, 0.4) is 0 Å². The molecule has 6 nitrogen and oxygen atoms in total. The van der Waals surface area contributed by atoms with E-state index in [4.69, 9.17) is 4.74 Å². The molecule has 1 amide bonds. The number of sulfone groups is 1. The van der Waals surface area contributed by atoms with Gasteiger partial charge in [-0.05, 0) is 29.7 Å². The molecule has 3 rings (SSSR count). The van der Waals surface area contributed by atoms with E-state index in [9.17, 15) is 18.0 Å². The Balaban J connectivity index is 1.82. The van der Waals surface area contributed by atoms with Gasteiger partial charge in [0, 0.05) is 0 Å². The number of esters is 1. The summed E-state index contributed by atoms with van der Waals surface area (Å²) in [4.78, 5) is 25.8. The molecule has 0 aliphatic rings. The number of hydrogen-bond donors (Lipinski definition) is 1. The maximum Gasteiger partial charge on any atom is 0.328 e. The zero-order chi connectivity index (χ0) is 23.0. The van der Waals surface area contributed by atoms with Crippen molar-refractivity contribution in [3.8, 4) is 0 Å². The van der Waals surface area contributed by atoms with Crippen molar-refractivity contribution in [2.45, 2.75) is 23.3 Å². The average molecular weight is 452 g/mol. The first-order valence-electron chi connectivity index (χ1n) is 10.2. The van der Waals surface area contributed by atoms with E-state index in [0.717, 1.165) is 11.1 Å². The van der Waals surface area contributed by atoms with Crippen LogP contribution in [0.2, 0.25) is 0 Å². The molecule has 1 N–H and O–H groups in total. The summed E-state index contributed by atoms with van der Waals surface area (Å²) in [6.45, 7) is 0. The van der Waals surface area contributed by atoms with Gasteiger partial charge in [0.15, 0.2) is 9.84 Å². The molecule has 32 heavy (non-hydrogen) atoms. The SMILES string of the molecule is COC(=O)[C@H](CCS(=O)(=O)c1ccccc1)NC(=O)C(c1ccccc1)c1ccccc1. The Hall–Kier alpha value is -3.45. The lowest BCUT2D eigenvalue weighted by Crippen LogP contribution is -2.44. The Bertz CT molecular complexity index is 1090. The van der Waals surface area contributed by atoms with Gasteiger partial charge in [0.2, 0.25) is 5.91 Å². The summed E-state index contributed by atoms with van der Waals surface area (Å²) in [7, 11) is -2.41. The fourth-order valence-corrected chi connectivity index (χ4v) is 4.80. The minimum Gasteiger partial charge on any atom is -0.467 e. The first-order chi connectivity index (χ1) is 15.4. The third-order valence-corrected chi connectivity index (χ3v) is 6.87. The Kier molecular flexibility index (Phi) is 7.78. The van der Waals surface area contributed by atoms with Gasteiger partial charge in [-0.3, -0.25) is 4.79 Å². The molecule has 0 fully saturated rings. The first-order valence-corrected chi connectivity index (χ1v) is 11.8. The fraction of sp³-hybridized carbons (Fsp3) is 0.200. The molecule has 0 unspecified atom stereocenters. The number of carbonyl (C=O) groups excluding carboxylic acids is 2. The first kappa shape index (κ1) is 23.2. The van der Waals surface area contributed by atoms with E-state index < -0.39 is 33.7 Å². The van der Waals surface area contributed by atoms with Crippen LogP contribution in [-0.2, 0) is 24.2 Å². The van der Waals surface area contributed by atoms with Crippen LogP contribution in [0, 0.1) is 0 Å². The van der Waals surface area contributed by atoms with Crippen LogP contribution in [0.15, 0.2) is 95.9 Å². The lowest BCUT2D eigenvalue weighted by Gasteiger charge is -2.22. The van der Waals surface area contributed by atoms with Crippen molar-refractivity contribution in [3.05, 3.63) is 102 Å². The molecule has 0 aromatic heterocycles. The lowest BCUT2D eigenvalue weighted by atomic mass is 9.90. The van der Waals surface area contributed by atoms with Crippen molar-refractivity contribution in [3.63, 3.8) is 0 Å². The summed E-state index contributed by atoms with van der Waals surface area (Å²) in [6.07, 6.45) is -0.105. The van der Waals surface area contributed by atoms with E-state index in [0.29, 0.717) is 0 Å². The van der Waals surface area contributed by atoms with E-state index in [1.54, 1.807) is 18.2 Å². The molecule has 0 spiro atoms. The smallest absolute Gasteiger partial charge is 0.328 e. The largest absolute Gasteiger partial charge is 0.467 e. The van der Waals surface area contributed by atoms with E-state index in [1.807, 2.05) is 60.7 Å². The van der Waals surface area contributed by atoms with Crippen molar-refractivity contribution in [2.75, 3.05) is 12.9 Å². The number of carbonyl (C=O) groups is 2. The highest BCUT2D eigenvalue weighted by molar-refractivity contribution is 7.91. The second-order valence-corrected chi connectivity index (χ2v) is 9.37. The number of hydrogen-bond acceptors (Lipinski definition) is 5. The van der Waals surface area contributed by atoms with Gasteiger partial charge in [-0.2, -0.15) is 0 Å². The standard InChI is InChI=1S/C25H25NO5S/c1-31-25(28)22(17-18-32(29,30)21-15-9-4-10-16-21)26-24(27)23(19-11-5-2-6-12-19)20-13-7-3-8-14-20/h2-16,22-23H,17-18H2,1H3,(H,26,27)/t22-/m0/s1. The summed E-state index contributed by atoms with van der Waals surface area (Å²) >= 11 is 0. The van der Waals surface area contributed by atoms with Crippen LogP contribution in [0.4, 0.5) is 0 Å². The van der Waals surface area contributed by atoms with E-state index in [-0.39, 0.29) is 17.1 Å². The molecule has 1 atom stereocenters. The molecule has 0 saturated heterocycles. The molecule has 166 valence electrons. The summed E-state index contributed by atoms with van der Waals surface area (Å²) in [6, 6.07) is 25.3. The highest BCUT2D eigenvalue weighted by Crippen LogP contribution is 2.25. The second-order valence-electron chi connectivity index (χ2n) is 7.26. The van der Waals surface area contributed by atoms with Gasteiger partial charge in [-0.15, -0.1) is 0 Å². The monoisotopic (exact) mass is 451 g/mol. The Morgan fingerprint density at radius 1 is 0.812 bits per heavy atom. The Labute approximate surface area is 188 Å². The van der Waals surface area contributed by atoms with Crippen molar-refractivity contribution in [1.29, 1.82) is 0 Å². The third kappa shape index (κ3) is 5.82.